The number of nitrogens with one attached hydrogen (secondary N) is 1. The van der Waals surface area contributed by atoms with Gasteiger partial charge in [-0.3, -0.25) is 4.79 Å². The zero-order valence-corrected chi connectivity index (χ0v) is 11.3. The lowest BCUT2D eigenvalue weighted by Gasteiger charge is -2.16. The summed E-state index contributed by atoms with van der Waals surface area (Å²) in [5.74, 6) is -3.46. The maximum atomic E-state index is 13.4. The number of carbonyl (C=O) groups excluding carboxylic acids is 1. The van der Waals surface area contributed by atoms with Crippen LogP contribution < -0.4 is 5.32 Å². The average molecular weight is 285 g/mol. The van der Waals surface area contributed by atoms with Crippen LogP contribution in [0.4, 0.5) is 8.78 Å². The second kappa shape index (κ2) is 6.98. The number of amides is 1. The van der Waals surface area contributed by atoms with E-state index in [9.17, 15) is 18.4 Å². The molecule has 1 atom stereocenters. The Morgan fingerprint density at radius 2 is 1.80 bits per heavy atom. The van der Waals surface area contributed by atoms with Crippen LogP contribution in [0.1, 0.15) is 25.8 Å². The van der Waals surface area contributed by atoms with Gasteiger partial charge >= 0.3 is 5.97 Å². The summed E-state index contributed by atoms with van der Waals surface area (Å²) >= 11 is 0. The number of halogens is 2. The fourth-order valence-electron chi connectivity index (χ4n) is 1.80. The number of rotatable bonds is 6. The third-order valence-electron chi connectivity index (χ3n) is 2.74. The van der Waals surface area contributed by atoms with Crippen LogP contribution in [0.2, 0.25) is 0 Å². The first kappa shape index (κ1) is 16.1. The number of aliphatic carboxylic acids is 1. The molecule has 4 nitrogen and oxygen atoms in total. The molecule has 20 heavy (non-hydrogen) atoms. The molecule has 0 aromatic heterocycles. The predicted molar refractivity (Wildman–Crippen MR) is 69.1 cm³/mol. The lowest BCUT2D eigenvalue weighted by Crippen LogP contribution is -2.42. The van der Waals surface area contributed by atoms with Crippen LogP contribution in [-0.2, 0) is 16.0 Å². The second-order valence-corrected chi connectivity index (χ2v) is 4.96. The van der Waals surface area contributed by atoms with Crippen LogP contribution in [0.25, 0.3) is 0 Å². The van der Waals surface area contributed by atoms with Crippen molar-refractivity contribution in [1.82, 2.24) is 5.32 Å². The summed E-state index contributed by atoms with van der Waals surface area (Å²) in [5, 5.41) is 11.3. The highest BCUT2D eigenvalue weighted by Crippen LogP contribution is 2.13. The summed E-state index contributed by atoms with van der Waals surface area (Å²) in [4.78, 5) is 22.7. The molecule has 1 amide bonds. The van der Waals surface area contributed by atoms with Gasteiger partial charge in [0.05, 0.1) is 6.42 Å². The van der Waals surface area contributed by atoms with Crippen molar-refractivity contribution < 1.29 is 23.5 Å². The van der Waals surface area contributed by atoms with Gasteiger partial charge in [0.1, 0.15) is 17.7 Å². The van der Waals surface area contributed by atoms with E-state index in [0.717, 1.165) is 12.1 Å². The van der Waals surface area contributed by atoms with Gasteiger partial charge in [0.15, 0.2) is 0 Å². The maximum Gasteiger partial charge on any atom is 0.326 e. The minimum absolute atomic E-state index is 0.0709. The molecule has 0 aliphatic rings. The van der Waals surface area contributed by atoms with E-state index in [1.54, 1.807) is 0 Å². The summed E-state index contributed by atoms with van der Waals surface area (Å²) in [6.07, 6.45) is -0.277. The van der Waals surface area contributed by atoms with Gasteiger partial charge in [-0.15, -0.1) is 0 Å². The van der Waals surface area contributed by atoms with Gasteiger partial charge in [-0.25, -0.2) is 13.6 Å². The lowest BCUT2D eigenvalue weighted by atomic mass is 10.0. The third kappa shape index (κ3) is 4.60. The van der Waals surface area contributed by atoms with Crippen LogP contribution >= 0.6 is 0 Å². The molecular formula is C14H17F2NO3. The largest absolute Gasteiger partial charge is 0.480 e. The molecule has 6 heteroatoms. The molecular weight excluding hydrogens is 268 g/mol. The molecule has 1 aromatic rings. The molecule has 0 radical (unpaired) electrons. The number of hydrogen-bond donors (Lipinski definition) is 2. The second-order valence-electron chi connectivity index (χ2n) is 4.96. The molecule has 0 saturated heterocycles. The fourth-order valence-corrected chi connectivity index (χ4v) is 1.80. The van der Waals surface area contributed by atoms with Crippen molar-refractivity contribution in [3.8, 4) is 0 Å². The topological polar surface area (TPSA) is 66.4 Å². The van der Waals surface area contributed by atoms with Crippen molar-refractivity contribution in [1.29, 1.82) is 0 Å². The Kier molecular flexibility index (Phi) is 5.61. The highest BCUT2D eigenvalue weighted by atomic mass is 19.1. The molecule has 1 unspecified atom stereocenters. The van der Waals surface area contributed by atoms with E-state index in [2.05, 4.69) is 5.32 Å². The Morgan fingerprint density at radius 1 is 1.25 bits per heavy atom. The van der Waals surface area contributed by atoms with Gasteiger partial charge in [0.25, 0.3) is 0 Å². The average Bonchev–Trinajstić information content (AvgIpc) is 2.32. The van der Waals surface area contributed by atoms with Crippen molar-refractivity contribution in [2.24, 2.45) is 5.92 Å². The summed E-state index contributed by atoms with van der Waals surface area (Å²) in [6, 6.07) is 2.24. The number of benzene rings is 1. The van der Waals surface area contributed by atoms with E-state index in [1.165, 1.54) is 6.07 Å². The van der Waals surface area contributed by atoms with Crippen LogP contribution in [0.15, 0.2) is 18.2 Å². The van der Waals surface area contributed by atoms with Gasteiger partial charge in [-0.1, -0.05) is 19.9 Å². The van der Waals surface area contributed by atoms with E-state index in [1.807, 2.05) is 13.8 Å². The fraction of sp³-hybridized carbons (Fsp3) is 0.429. The maximum absolute atomic E-state index is 13.4. The van der Waals surface area contributed by atoms with Crippen molar-refractivity contribution in [2.45, 2.75) is 32.7 Å². The number of carbonyl (C=O) groups is 2. The summed E-state index contributed by atoms with van der Waals surface area (Å²) in [6.45, 7) is 3.64. The summed E-state index contributed by atoms with van der Waals surface area (Å²) < 4.78 is 26.8. The molecule has 0 fully saturated rings. The van der Waals surface area contributed by atoms with Gasteiger partial charge in [-0.05, 0) is 24.5 Å². The molecule has 2 N–H and O–H groups in total. The first-order chi connectivity index (χ1) is 9.31. The normalized spacial score (nSPS) is 12.2. The molecule has 0 bridgehead atoms. The minimum Gasteiger partial charge on any atom is -0.480 e. The molecule has 0 aliphatic heterocycles. The number of carboxylic acids is 1. The summed E-state index contributed by atoms with van der Waals surface area (Å²) in [5.41, 5.74) is -0.362. The first-order valence-corrected chi connectivity index (χ1v) is 6.26. The van der Waals surface area contributed by atoms with Crippen LogP contribution in [0.5, 0.6) is 0 Å². The van der Waals surface area contributed by atoms with Crippen molar-refractivity contribution in [3.05, 3.63) is 35.4 Å². The molecule has 1 rings (SSSR count). The Hall–Kier alpha value is -1.98. The van der Waals surface area contributed by atoms with Crippen molar-refractivity contribution >= 4 is 11.9 Å². The third-order valence-corrected chi connectivity index (χ3v) is 2.74. The number of carboxylic acid groups (broad SMARTS) is 1. The Balaban J connectivity index is 2.73. The van der Waals surface area contributed by atoms with E-state index in [-0.39, 0.29) is 17.9 Å². The molecule has 110 valence electrons. The van der Waals surface area contributed by atoms with Crippen LogP contribution in [0.3, 0.4) is 0 Å². The van der Waals surface area contributed by atoms with Gasteiger partial charge < -0.3 is 10.4 Å². The quantitative estimate of drug-likeness (QED) is 0.841. The lowest BCUT2D eigenvalue weighted by molar-refractivity contribution is -0.142. The highest BCUT2D eigenvalue weighted by molar-refractivity contribution is 5.84. The van der Waals surface area contributed by atoms with E-state index in [4.69, 9.17) is 5.11 Å². The Bertz CT molecular complexity index is 483. The standard InChI is InChI=1S/C14H17F2NO3/c1-8(2)6-12(14(19)20)17-13(18)7-9-10(15)4-3-5-11(9)16/h3-5,8,12H,6-7H2,1-2H3,(H,17,18)(H,19,20). The van der Waals surface area contributed by atoms with E-state index >= 15 is 0 Å². The molecule has 0 spiro atoms. The van der Waals surface area contributed by atoms with Crippen LogP contribution in [0, 0.1) is 17.6 Å². The zero-order valence-electron chi connectivity index (χ0n) is 11.3. The Labute approximate surface area is 115 Å². The molecule has 1 aromatic carbocycles. The van der Waals surface area contributed by atoms with Crippen LogP contribution in [-0.4, -0.2) is 23.0 Å². The first-order valence-electron chi connectivity index (χ1n) is 6.26. The van der Waals surface area contributed by atoms with E-state index < -0.39 is 36.0 Å². The molecule has 0 saturated carbocycles. The number of hydrogen-bond acceptors (Lipinski definition) is 2. The van der Waals surface area contributed by atoms with Gasteiger partial charge in [0.2, 0.25) is 5.91 Å². The minimum atomic E-state index is -1.17. The Morgan fingerprint density at radius 3 is 2.25 bits per heavy atom. The van der Waals surface area contributed by atoms with Gasteiger partial charge in [-0.2, -0.15) is 0 Å². The van der Waals surface area contributed by atoms with Crippen molar-refractivity contribution in [3.63, 3.8) is 0 Å². The summed E-state index contributed by atoms with van der Waals surface area (Å²) in [7, 11) is 0. The smallest absolute Gasteiger partial charge is 0.326 e. The molecule has 0 heterocycles. The molecule has 0 aliphatic carbocycles. The predicted octanol–water partition coefficient (Wildman–Crippen LogP) is 2.12. The van der Waals surface area contributed by atoms with Gasteiger partial charge in [0, 0.05) is 5.56 Å². The monoisotopic (exact) mass is 285 g/mol. The van der Waals surface area contributed by atoms with Crippen molar-refractivity contribution in [2.75, 3.05) is 0 Å². The zero-order chi connectivity index (χ0) is 15.3. The SMILES string of the molecule is CC(C)CC(NC(=O)Cc1c(F)cccc1F)C(=O)O. The van der Waals surface area contributed by atoms with E-state index in [0.29, 0.717) is 0 Å². The highest BCUT2D eigenvalue weighted by Gasteiger charge is 2.22.